The Labute approximate surface area is 95.6 Å². The molecular formula is C10H10N4OS. The first-order valence-electron chi connectivity index (χ1n) is 5.00. The first-order valence-corrected chi connectivity index (χ1v) is 5.81. The SMILES string of the molecule is Nc1ncnc2sc3c(c12)CCC(=NO)C3. The van der Waals surface area contributed by atoms with Crippen LogP contribution in [0.2, 0.25) is 0 Å². The van der Waals surface area contributed by atoms with Crippen molar-refractivity contribution in [3.63, 3.8) is 0 Å². The third-order valence-corrected chi connectivity index (χ3v) is 4.01. The Morgan fingerprint density at radius 2 is 2.25 bits per heavy atom. The molecule has 0 spiro atoms. The van der Waals surface area contributed by atoms with Crippen molar-refractivity contribution in [2.45, 2.75) is 19.3 Å². The highest BCUT2D eigenvalue weighted by atomic mass is 32.1. The van der Waals surface area contributed by atoms with Crippen molar-refractivity contribution < 1.29 is 5.21 Å². The zero-order valence-corrected chi connectivity index (χ0v) is 9.29. The monoisotopic (exact) mass is 234 g/mol. The molecule has 2 aromatic rings. The third-order valence-electron chi connectivity index (χ3n) is 2.87. The molecule has 6 heteroatoms. The topological polar surface area (TPSA) is 84.4 Å². The second kappa shape index (κ2) is 3.41. The quantitative estimate of drug-likeness (QED) is 0.535. The molecule has 0 amide bonds. The van der Waals surface area contributed by atoms with Gasteiger partial charge in [0.25, 0.3) is 0 Å². The van der Waals surface area contributed by atoms with Crippen LogP contribution in [0, 0.1) is 0 Å². The van der Waals surface area contributed by atoms with Crippen molar-refractivity contribution in [3.8, 4) is 0 Å². The van der Waals surface area contributed by atoms with Crippen LogP contribution in [0.4, 0.5) is 5.82 Å². The average molecular weight is 234 g/mol. The molecule has 16 heavy (non-hydrogen) atoms. The number of nitrogens with zero attached hydrogens (tertiary/aromatic N) is 3. The summed E-state index contributed by atoms with van der Waals surface area (Å²) < 4.78 is 0. The summed E-state index contributed by atoms with van der Waals surface area (Å²) in [6, 6.07) is 0. The highest BCUT2D eigenvalue weighted by Gasteiger charge is 2.22. The maximum atomic E-state index is 8.79. The van der Waals surface area contributed by atoms with Gasteiger partial charge in [0.2, 0.25) is 0 Å². The van der Waals surface area contributed by atoms with E-state index in [-0.39, 0.29) is 0 Å². The fourth-order valence-corrected chi connectivity index (χ4v) is 3.33. The fraction of sp³-hybridized carbons (Fsp3) is 0.300. The zero-order chi connectivity index (χ0) is 11.1. The van der Waals surface area contributed by atoms with Crippen molar-refractivity contribution in [2.75, 3.05) is 5.73 Å². The number of nitrogens with two attached hydrogens (primary N) is 1. The number of thiophene rings is 1. The lowest BCUT2D eigenvalue weighted by atomic mass is 9.95. The zero-order valence-electron chi connectivity index (χ0n) is 8.47. The van der Waals surface area contributed by atoms with Crippen molar-refractivity contribution >= 4 is 33.1 Å². The van der Waals surface area contributed by atoms with E-state index < -0.39 is 0 Å². The molecule has 3 N–H and O–H groups in total. The van der Waals surface area contributed by atoms with E-state index in [4.69, 9.17) is 10.9 Å². The van der Waals surface area contributed by atoms with E-state index in [1.54, 1.807) is 11.3 Å². The smallest absolute Gasteiger partial charge is 0.135 e. The Hall–Kier alpha value is -1.69. The van der Waals surface area contributed by atoms with E-state index in [0.29, 0.717) is 12.2 Å². The number of rotatable bonds is 0. The van der Waals surface area contributed by atoms with E-state index in [0.717, 1.165) is 28.8 Å². The Kier molecular flexibility index (Phi) is 2.03. The molecule has 0 saturated carbocycles. The second-order valence-electron chi connectivity index (χ2n) is 3.79. The van der Waals surface area contributed by atoms with Gasteiger partial charge in [-0.2, -0.15) is 0 Å². The van der Waals surface area contributed by atoms with Crippen LogP contribution in [-0.4, -0.2) is 20.9 Å². The molecule has 0 bridgehead atoms. The normalized spacial score (nSPS) is 17.9. The van der Waals surface area contributed by atoms with Gasteiger partial charge in [-0.3, -0.25) is 0 Å². The molecule has 2 heterocycles. The molecule has 0 atom stereocenters. The number of hydrogen-bond donors (Lipinski definition) is 2. The molecule has 1 aliphatic rings. The molecular weight excluding hydrogens is 224 g/mol. The summed E-state index contributed by atoms with van der Waals surface area (Å²) in [6.07, 6.45) is 3.82. The number of oxime groups is 1. The Morgan fingerprint density at radius 1 is 1.38 bits per heavy atom. The Morgan fingerprint density at radius 3 is 3.06 bits per heavy atom. The van der Waals surface area contributed by atoms with Gasteiger partial charge in [0.15, 0.2) is 0 Å². The summed E-state index contributed by atoms with van der Waals surface area (Å²) in [5.74, 6) is 0.548. The van der Waals surface area contributed by atoms with Crippen LogP contribution in [0.15, 0.2) is 11.5 Å². The van der Waals surface area contributed by atoms with E-state index in [1.807, 2.05) is 0 Å². The number of aromatic nitrogens is 2. The minimum absolute atomic E-state index is 0.548. The lowest BCUT2D eigenvalue weighted by Crippen LogP contribution is -2.11. The van der Waals surface area contributed by atoms with Crippen LogP contribution in [0.3, 0.4) is 0 Å². The van der Waals surface area contributed by atoms with E-state index in [9.17, 15) is 0 Å². The molecule has 82 valence electrons. The lowest BCUT2D eigenvalue weighted by molar-refractivity contribution is 0.316. The molecule has 5 nitrogen and oxygen atoms in total. The van der Waals surface area contributed by atoms with Crippen LogP contribution >= 0.6 is 11.3 Å². The molecule has 0 radical (unpaired) electrons. The van der Waals surface area contributed by atoms with Crippen molar-refractivity contribution in [1.82, 2.24) is 9.97 Å². The summed E-state index contributed by atoms with van der Waals surface area (Å²) in [6.45, 7) is 0. The van der Waals surface area contributed by atoms with Gasteiger partial charge >= 0.3 is 0 Å². The number of fused-ring (bicyclic) bond motifs is 3. The first-order chi connectivity index (χ1) is 7.79. The summed E-state index contributed by atoms with van der Waals surface area (Å²) in [4.78, 5) is 10.4. The molecule has 0 unspecified atom stereocenters. The molecule has 0 aromatic carbocycles. The van der Waals surface area contributed by atoms with Gasteiger partial charge in [-0.1, -0.05) is 5.16 Å². The van der Waals surface area contributed by atoms with Crippen molar-refractivity contribution in [2.24, 2.45) is 5.16 Å². The highest BCUT2D eigenvalue weighted by molar-refractivity contribution is 7.19. The number of nitrogen functional groups attached to an aromatic ring is 1. The van der Waals surface area contributed by atoms with Crippen LogP contribution in [0.25, 0.3) is 10.2 Å². The summed E-state index contributed by atoms with van der Waals surface area (Å²) >= 11 is 1.61. The van der Waals surface area contributed by atoms with E-state index in [1.165, 1.54) is 16.8 Å². The summed E-state index contributed by atoms with van der Waals surface area (Å²) in [7, 11) is 0. The van der Waals surface area contributed by atoms with Gasteiger partial charge in [0, 0.05) is 11.3 Å². The van der Waals surface area contributed by atoms with Crippen LogP contribution in [0.5, 0.6) is 0 Å². The number of hydrogen-bond acceptors (Lipinski definition) is 6. The highest BCUT2D eigenvalue weighted by Crippen LogP contribution is 2.36. The molecule has 2 aromatic heterocycles. The van der Waals surface area contributed by atoms with Crippen molar-refractivity contribution in [1.29, 1.82) is 0 Å². The number of anilines is 1. The van der Waals surface area contributed by atoms with Gasteiger partial charge in [0.1, 0.15) is 17.0 Å². The second-order valence-corrected chi connectivity index (χ2v) is 4.87. The molecule has 3 rings (SSSR count). The van der Waals surface area contributed by atoms with Gasteiger partial charge in [-0.15, -0.1) is 11.3 Å². The van der Waals surface area contributed by atoms with Gasteiger partial charge in [-0.05, 0) is 18.4 Å². The van der Waals surface area contributed by atoms with Gasteiger partial charge < -0.3 is 10.9 Å². The molecule has 0 saturated heterocycles. The minimum atomic E-state index is 0.548. The summed E-state index contributed by atoms with van der Waals surface area (Å²) in [5.41, 5.74) is 7.92. The molecule has 0 fully saturated rings. The van der Waals surface area contributed by atoms with Gasteiger partial charge in [-0.25, -0.2) is 9.97 Å². The van der Waals surface area contributed by atoms with E-state index >= 15 is 0 Å². The number of aryl methyl sites for hydroxylation is 1. The van der Waals surface area contributed by atoms with Crippen molar-refractivity contribution in [3.05, 3.63) is 16.8 Å². The molecule has 1 aliphatic carbocycles. The minimum Gasteiger partial charge on any atom is -0.411 e. The third kappa shape index (κ3) is 1.26. The lowest BCUT2D eigenvalue weighted by Gasteiger charge is -2.12. The van der Waals surface area contributed by atoms with Crippen LogP contribution in [-0.2, 0) is 12.8 Å². The Bertz CT molecular complexity index is 590. The first kappa shape index (κ1) is 9.53. The van der Waals surface area contributed by atoms with Crippen LogP contribution in [0.1, 0.15) is 16.9 Å². The maximum absolute atomic E-state index is 8.79. The largest absolute Gasteiger partial charge is 0.411 e. The maximum Gasteiger partial charge on any atom is 0.135 e. The fourth-order valence-electron chi connectivity index (χ4n) is 2.10. The van der Waals surface area contributed by atoms with E-state index in [2.05, 4.69) is 15.1 Å². The molecule has 0 aliphatic heterocycles. The predicted octanol–water partition coefficient (Wildman–Crippen LogP) is 1.59. The Balaban J connectivity index is 2.25. The van der Waals surface area contributed by atoms with Crippen LogP contribution < -0.4 is 5.73 Å². The summed E-state index contributed by atoms with van der Waals surface area (Å²) in [5, 5.41) is 13.1. The average Bonchev–Trinajstić information content (AvgIpc) is 2.67. The predicted molar refractivity (Wildman–Crippen MR) is 63.1 cm³/mol. The standard InChI is InChI=1S/C10H10N4OS/c11-9-8-6-2-1-5(14-15)3-7(6)16-10(8)13-4-12-9/h4,15H,1-3H2,(H2,11,12,13). The van der Waals surface area contributed by atoms with Gasteiger partial charge in [0.05, 0.1) is 11.1 Å².